The third kappa shape index (κ3) is 4.28. The molecule has 0 saturated carbocycles. The van der Waals surface area contributed by atoms with E-state index in [1.807, 2.05) is 0 Å². The number of aryl methyl sites for hydroxylation is 1. The van der Waals surface area contributed by atoms with Crippen LogP contribution in [0.5, 0.6) is 5.75 Å². The van der Waals surface area contributed by atoms with Crippen molar-refractivity contribution in [2.75, 3.05) is 38.7 Å². The summed E-state index contributed by atoms with van der Waals surface area (Å²) in [6.45, 7) is 2.15. The van der Waals surface area contributed by atoms with Gasteiger partial charge in [0.05, 0.1) is 43.4 Å². The Morgan fingerprint density at radius 2 is 1.94 bits per heavy atom. The van der Waals surface area contributed by atoms with E-state index >= 15 is 0 Å². The number of hydrogen-bond acceptors (Lipinski definition) is 7. The highest BCUT2D eigenvalue weighted by Crippen LogP contribution is 2.32. The number of anilines is 2. The lowest BCUT2D eigenvalue weighted by Crippen LogP contribution is -2.40. The van der Waals surface area contributed by atoms with Gasteiger partial charge in [0.2, 0.25) is 0 Å². The van der Waals surface area contributed by atoms with Gasteiger partial charge < -0.3 is 24.8 Å². The molecular formula is C24H24N6O5. The van der Waals surface area contributed by atoms with Gasteiger partial charge in [-0.3, -0.25) is 9.48 Å². The standard InChI is InChI=1S/C24H24N6O5/c1-28-14-17(13-26-28)19-9-16-12-25-22(11-20(16)30(19)24(32)33)27-18-4-3-15(10-21(18)34-2)23(31)29-5-7-35-8-6-29/h3-4,9-14H,5-8H2,1-2H3,(H,25,27)(H,32,33). The summed E-state index contributed by atoms with van der Waals surface area (Å²) in [5.74, 6) is 0.817. The second-order valence-electron chi connectivity index (χ2n) is 8.12. The van der Waals surface area contributed by atoms with Crippen LogP contribution in [0.3, 0.4) is 0 Å². The second kappa shape index (κ2) is 9.11. The molecule has 0 spiro atoms. The number of hydrogen-bond donors (Lipinski definition) is 2. The molecule has 2 N–H and O–H groups in total. The zero-order chi connectivity index (χ0) is 24.5. The summed E-state index contributed by atoms with van der Waals surface area (Å²) in [5, 5.41) is 17.9. The SMILES string of the molecule is COc1cc(C(=O)N2CCOCC2)ccc1Nc1cc2c(cn1)cc(-c1cnn(C)c1)n2C(=O)O. The molecule has 35 heavy (non-hydrogen) atoms. The van der Waals surface area contributed by atoms with E-state index in [4.69, 9.17) is 9.47 Å². The van der Waals surface area contributed by atoms with Crippen molar-refractivity contribution in [3.8, 4) is 17.0 Å². The predicted octanol–water partition coefficient (Wildman–Crippen LogP) is 3.19. The number of pyridine rings is 1. The second-order valence-corrected chi connectivity index (χ2v) is 8.12. The van der Waals surface area contributed by atoms with E-state index in [-0.39, 0.29) is 5.91 Å². The summed E-state index contributed by atoms with van der Waals surface area (Å²) in [7, 11) is 3.30. The lowest BCUT2D eigenvalue weighted by Gasteiger charge is -2.27. The number of carboxylic acid groups (broad SMARTS) is 1. The maximum absolute atomic E-state index is 12.8. The molecule has 1 saturated heterocycles. The van der Waals surface area contributed by atoms with Crippen molar-refractivity contribution in [1.29, 1.82) is 0 Å². The molecule has 1 amide bonds. The lowest BCUT2D eigenvalue weighted by molar-refractivity contribution is 0.0302. The van der Waals surface area contributed by atoms with Crippen LogP contribution >= 0.6 is 0 Å². The molecular weight excluding hydrogens is 452 g/mol. The molecule has 180 valence electrons. The molecule has 0 bridgehead atoms. The van der Waals surface area contributed by atoms with Crippen LogP contribution in [0.15, 0.2) is 48.9 Å². The zero-order valence-corrected chi connectivity index (χ0v) is 19.3. The van der Waals surface area contributed by atoms with E-state index in [1.54, 1.807) is 65.6 Å². The molecule has 1 fully saturated rings. The van der Waals surface area contributed by atoms with E-state index in [0.717, 1.165) is 0 Å². The van der Waals surface area contributed by atoms with Crippen LogP contribution < -0.4 is 10.1 Å². The average molecular weight is 476 g/mol. The zero-order valence-electron chi connectivity index (χ0n) is 19.3. The number of nitrogens with zero attached hydrogens (tertiary/aromatic N) is 5. The van der Waals surface area contributed by atoms with E-state index in [2.05, 4.69) is 15.4 Å². The number of aromatic nitrogens is 4. The van der Waals surface area contributed by atoms with Crippen molar-refractivity contribution in [2.45, 2.75) is 0 Å². The fraction of sp³-hybridized carbons (Fsp3) is 0.250. The summed E-state index contributed by atoms with van der Waals surface area (Å²) in [6, 6.07) is 8.58. The Hall–Kier alpha value is -4.38. The number of carbonyl (C=O) groups excluding carboxylic acids is 1. The highest BCUT2D eigenvalue weighted by atomic mass is 16.5. The van der Waals surface area contributed by atoms with E-state index in [1.165, 1.54) is 11.7 Å². The Bertz CT molecular complexity index is 1420. The quantitative estimate of drug-likeness (QED) is 0.450. The molecule has 3 aromatic heterocycles. The molecule has 0 aliphatic carbocycles. The number of rotatable bonds is 5. The first kappa shape index (κ1) is 22.4. The molecule has 5 rings (SSSR count). The fourth-order valence-electron chi connectivity index (χ4n) is 4.16. The van der Waals surface area contributed by atoms with Crippen molar-refractivity contribution in [3.05, 3.63) is 54.5 Å². The molecule has 0 atom stereocenters. The maximum Gasteiger partial charge on any atom is 0.416 e. The van der Waals surface area contributed by atoms with E-state index < -0.39 is 6.09 Å². The lowest BCUT2D eigenvalue weighted by atomic mass is 10.1. The Morgan fingerprint density at radius 3 is 2.63 bits per heavy atom. The van der Waals surface area contributed by atoms with Crippen molar-refractivity contribution in [3.63, 3.8) is 0 Å². The van der Waals surface area contributed by atoms with Crippen molar-refractivity contribution in [1.82, 2.24) is 24.2 Å². The monoisotopic (exact) mass is 476 g/mol. The first-order chi connectivity index (χ1) is 16.9. The number of ether oxygens (including phenoxy) is 2. The topological polar surface area (TPSA) is 124 Å². The molecule has 11 nitrogen and oxygen atoms in total. The normalized spacial score (nSPS) is 13.7. The molecule has 0 radical (unpaired) electrons. The molecule has 1 aliphatic rings. The minimum Gasteiger partial charge on any atom is -0.495 e. The number of fused-ring (bicyclic) bond motifs is 1. The van der Waals surface area contributed by atoms with Crippen LogP contribution in [0.25, 0.3) is 22.2 Å². The summed E-state index contributed by atoms with van der Waals surface area (Å²) in [4.78, 5) is 31.1. The van der Waals surface area contributed by atoms with Crippen LogP contribution in [0.2, 0.25) is 0 Å². The van der Waals surface area contributed by atoms with Crippen molar-refractivity contribution in [2.24, 2.45) is 7.05 Å². The van der Waals surface area contributed by atoms with Crippen molar-refractivity contribution < 1.29 is 24.2 Å². The molecule has 4 heterocycles. The number of benzene rings is 1. The summed E-state index contributed by atoms with van der Waals surface area (Å²) < 4.78 is 13.7. The third-order valence-corrected chi connectivity index (χ3v) is 5.89. The van der Waals surface area contributed by atoms with Gasteiger partial charge in [0, 0.05) is 55.1 Å². The molecule has 0 unspecified atom stereocenters. The smallest absolute Gasteiger partial charge is 0.416 e. The van der Waals surface area contributed by atoms with Gasteiger partial charge in [-0.25, -0.2) is 14.3 Å². The number of morpholine rings is 1. The predicted molar refractivity (Wildman–Crippen MR) is 128 cm³/mol. The van der Waals surface area contributed by atoms with Gasteiger partial charge in [0.1, 0.15) is 11.6 Å². The van der Waals surface area contributed by atoms with Gasteiger partial charge in [0.25, 0.3) is 5.91 Å². The van der Waals surface area contributed by atoms with Gasteiger partial charge in [-0.15, -0.1) is 0 Å². The van der Waals surface area contributed by atoms with Gasteiger partial charge in [0.15, 0.2) is 0 Å². The first-order valence-corrected chi connectivity index (χ1v) is 11.0. The Morgan fingerprint density at radius 1 is 1.14 bits per heavy atom. The van der Waals surface area contributed by atoms with Crippen LogP contribution in [0.4, 0.5) is 16.3 Å². The molecule has 4 aromatic rings. The number of amides is 1. The van der Waals surface area contributed by atoms with E-state index in [9.17, 15) is 14.7 Å². The number of carbonyl (C=O) groups is 2. The van der Waals surface area contributed by atoms with E-state index in [0.29, 0.717) is 71.3 Å². The fourth-order valence-corrected chi connectivity index (χ4v) is 4.16. The summed E-state index contributed by atoms with van der Waals surface area (Å²) >= 11 is 0. The maximum atomic E-state index is 12.8. The number of nitrogens with one attached hydrogen (secondary N) is 1. The highest BCUT2D eigenvalue weighted by molar-refractivity contribution is 5.97. The summed E-state index contributed by atoms with van der Waals surface area (Å²) in [5.41, 5.74) is 2.77. The van der Waals surface area contributed by atoms with Gasteiger partial charge >= 0.3 is 6.09 Å². The molecule has 1 aliphatic heterocycles. The molecule has 1 aromatic carbocycles. The van der Waals surface area contributed by atoms with Crippen LogP contribution in [-0.2, 0) is 11.8 Å². The van der Waals surface area contributed by atoms with Gasteiger partial charge in [-0.1, -0.05) is 0 Å². The Kier molecular flexibility index (Phi) is 5.83. The first-order valence-electron chi connectivity index (χ1n) is 11.0. The Balaban J connectivity index is 1.46. The third-order valence-electron chi connectivity index (χ3n) is 5.89. The number of methoxy groups -OCH3 is 1. The van der Waals surface area contributed by atoms with Crippen molar-refractivity contribution >= 4 is 34.4 Å². The molecule has 11 heteroatoms. The summed E-state index contributed by atoms with van der Waals surface area (Å²) in [6.07, 6.45) is 3.87. The Labute approximate surface area is 200 Å². The largest absolute Gasteiger partial charge is 0.495 e. The highest BCUT2D eigenvalue weighted by Gasteiger charge is 2.21. The average Bonchev–Trinajstić information content (AvgIpc) is 3.47. The van der Waals surface area contributed by atoms with Crippen LogP contribution in [0.1, 0.15) is 10.4 Å². The van der Waals surface area contributed by atoms with Gasteiger partial charge in [-0.05, 0) is 24.3 Å². The van der Waals surface area contributed by atoms with Crippen LogP contribution in [0, 0.1) is 0 Å². The minimum absolute atomic E-state index is 0.0834. The van der Waals surface area contributed by atoms with Gasteiger partial charge in [-0.2, -0.15) is 5.10 Å². The minimum atomic E-state index is -1.11. The van der Waals surface area contributed by atoms with Crippen LogP contribution in [-0.4, -0.2) is 74.8 Å².